The summed E-state index contributed by atoms with van der Waals surface area (Å²) in [6, 6.07) is 30.1. The number of carbonyl (C=O) groups excluding carboxylic acids is 4. The molecule has 0 saturated heterocycles. The number of unbranched alkanes of at least 4 members (excludes halogenated alkanes) is 1. The predicted molar refractivity (Wildman–Crippen MR) is 286 cm³/mol. The molecule has 3 atom stereocenters. The highest BCUT2D eigenvalue weighted by Gasteiger charge is 2.30. The second-order valence-corrected chi connectivity index (χ2v) is 16.5. The molecule has 14 nitrogen and oxygen atoms in total. The summed E-state index contributed by atoms with van der Waals surface area (Å²) >= 11 is 0. The number of hydrogen-bond donors (Lipinski definition) is 7. The molecule has 0 unspecified atom stereocenters. The number of nitrogens with one attached hydrogen (secondary N) is 4. The lowest BCUT2D eigenvalue weighted by Gasteiger charge is -2.26. The Morgan fingerprint density at radius 3 is 1.79 bits per heavy atom. The van der Waals surface area contributed by atoms with E-state index in [1.54, 1.807) is 0 Å². The van der Waals surface area contributed by atoms with Gasteiger partial charge in [-0.1, -0.05) is 118 Å². The first kappa shape index (κ1) is 65.3. The van der Waals surface area contributed by atoms with E-state index in [9.17, 15) is 19.2 Å². The number of guanidine groups is 1. The van der Waals surface area contributed by atoms with Crippen molar-refractivity contribution in [3.05, 3.63) is 121 Å². The van der Waals surface area contributed by atoms with E-state index in [2.05, 4.69) is 51.5 Å². The molecule has 390 valence electrons. The quantitative estimate of drug-likeness (QED) is 0.0126. The van der Waals surface area contributed by atoms with E-state index in [-0.39, 0.29) is 98.5 Å². The zero-order valence-corrected chi connectivity index (χ0v) is 42.3. The van der Waals surface area contributed by atoms with Crippen LogP contribution < -0.4 is 72.4 Å². The van der Waals surface area contributed by atoms with Crippen molar-refractivity contribution in [2.45, 2.75) is 97.4 Å². The van der Waals surface area contributed by atoms with Gasteiger partial charge in [0.2, 0.25) is 11.8 Å². The molecule has 1 aliphatic carbocycles. The van der Waals surface area contributed by atoms with Crippen LogP contribution in [0.25, 0.3) is 32.7 Å². The van der Waals surface area contributed by atoms with Gasteiger partial charge < -0.3 is 60.7 Å². The predicted octanol–water partition coefficient (Wildman–Crippen LogP) is -0.956. The van der Waals surface area contributed by atoms with E-state index in [1.165, 1.54) is 12.5 Å². The fourth-order valence-corrected chi connectivity index (χ4v) is 7.86. The zero-order valence-electron chi connectivity index (χ0n) is 38.8. The number of hydrogen-bond acceptors (Lipinski definition) is 7. The van der Waals surface area contributed by atoms with Crippen molar-refractivity contribution in [3.8, 4) is 22.6 Å². The van der Waals surface area contributed by atoms with Crippen LogP contribution in [-0.4, -0.2) is 74.1 Å². The van der Waals surface area contributed by atoms with E-state index in [4.69, 9.17) is 25.7 Å². The Balaban J connectivity index is 0.00000817. The minimum Gasteiger partial charge on any atom is -1.00 e. The van der Waals surface area contributed by atoms with Gasteiger partial charge in [0.1, 0.15) is 36.2 Å². The average Bonchev–Trinajstić information content (AvgIpc) is 3.30. The number of benzene rings is 5. The van der Waals surface area contributed by atoms with Crippen LogP contribution in [0.4, 0.5) is 0 Å². The highest BCUT2D eigenvalue weighted by atomic mass is 35.5. The van der Waals surface area contributed by atoms with Gasteiger partial charge in [-0.15, -0.1) is 6.58 Å². The number of halogens is 2. The Morgan fingerprint density at radius 1 is 0.704 bits per heavy atom. The van der Waals surface area contributed by atoms with Crippen LogP contribution in [0.15, 0.2) is 116 Å². The van der Waals surface area contributed by atoms with Crippen molar-refractivity contribution in [1.29, 1.82) is 0 Å². The lowest BCUT2D eigenvalue weighted by molar-refractivity contribution is -0.459. The first-order valence-electron chi connectivity index (χ1n) is 22.6. The number of fused-ring (bicyclic) bond motifs is 2. The maximum absolute atomic E-state index is 14.1. The first-order chi connectivity index (χ1) is 31.6. The summed E-state index contributed by atoms with van der Waals surface area (Å²) in [5.74, 6) is -0.591. The molecule has 0 radical (unpaired) electrons. The molecule has 1 fully saturated rings. The highest BCUT2D eigenvalue weighted by molar-refractivity contribution is 7.59. The number of ether oxygens (including phenoxy) is 3. The Hall–Kier alpha value is -5.65. The van der Waals surface area contributed by atoms with E-state index in [0.29, 0.717) is 50.6 Å². The molecule has 0 aliphatic heterocycles. The molecule has 71 heavy (non-hydrogen) atoms. The Kier molecular flexibility index (Phi) is 31.2. The molecule has 18 heteroatoms. The van der Waals surface area contributed by atoms with Crippen molar-refractivity contribution in [1.82, 2.24) is 16.0 Å². The summed E-state index contributed by atoms with van der Waals surface area (Å²) < 4.78 is 18.5. The lowest BCUT2D eigenvalue weighted by Crippen LogP contribution is -3.00. The summed E-state index contributed by atoms with van der Waals surface area (Å²) in [5, 5.41) is 12.4. The molecule has 3 amide bonds. The minimum absolute atomic E-state index is 0. The Bertz CT molecular complexity index is 2460. The average molecular weight is 1060 g/mol. The standard InChI is InChI=1S/C51H61N7O7.2CH4.2ClH.2H2S/c1-2-14-42(50(62)65-32-34-15-4-3-5-16-34)58-49(61)41(24-13-30-55-51(53)54)57-48(60)40(23-10-11-29-52)56-45(59)33-64-44-28-26-37-20-7-9-22-39(37)47(44)46-38-21-8-6-19-36(38)25-27-43(46)63-31-35-17-12-18-35;;;;;;/h2-9,15-16,19-22,25-28,35,40-42H,1,10-14,17-18,23-24,29-33,52H2,(H,56,59)(H,57,60)(H,58,61)(H4,53,54,55);2*1H4;2*1H;2*1H2/t40-,41-,42+;;;;;;/m1....../s1. The largest absolute Gasteiger partial charge is 1.00 e. The first-order valence-corrected chi connectivity index (χ1v) is 22.6. The third-order valence-electron chi connectivity index (χ3n) is 11.6. The molecule has 1 saturated carbocycles. The minimum atomic E-state index is -1.09. The van der Waals surface area contributed by atoms with Gasteiger partial charge in [0.25, 0.3) is 5.91 Å². The van der Waals surface area contributed by atoms with Crippen LogP contribution in [0.1, 0.15) is 78.2 Å². The number of amides is 3. The molecular weight excluding hydrogens is 982 g/mol. The van der Waals surface area contributed by atoms with Gasteiger partial charge in [-0.05, 0) is 96.5 Å². The fraction of sp³-hybridized carbons (Fsp3) is 0.377. The lowest BCUT2D eigenvalue weighted by atomic mass is 9.86. The smallest absolute Gasteiger partial charge is 0.338 e. The van der Waals surface area contributed by atoms with Crippen molar-refractivity contribution < 1.29 is 68.9 Å². The van der Waals surface area contributed by atoms with Crippen LogP contribution in [0.5, 0.6) is 11.5 Å². The SMILES string of the molecule is C.C.C=CC[C@H](NC(=O)[C@@H](CCC[NH+]=C(N)N)NC(=O)[C@@H](CCCC[NH3+])NC(=O)COc1ccc2ccccc2c1-c1c(OCC2CCC2)ccc2ccccc12)C(=O)OCc1ccccc1.S.S.[Cl-].[Cl-]. The topological polar surface area (TPSA) is 226 Å². The van der Waals surface area contributed by atoms with E-state index >= 15 is 0 Å². The summed E-state index contributed by atoms with van der Waals surface area (Å²) in [7, 11) is 0. The summed E-state index contributed by atoms with van der Waals surface area (Å²) in [4.78, 5) is 58.0. The van der Waals surface area contributed by atoms with E-state index in [0.717, 1.165) is 56.8 Å². The number of quaternary nitrogens is 1. The molecule has 11 N–H and O–H groups in total. The highest BCUT2D eigenvalue weighted by Crippen LogP contribution is 2.46. The van der Waals surface area contributed by atoms with Crippen molar-refractivity contribution in [2.75, 3.05) is 26.3 Å². The molecule has 5 aromatic rings. The van der Waals surface area contributed by atoms with Gasteiger partial charge in [0.05, 0.1) is 19.7 Å². The van der Waals surface area contributed by atoms with Gasteiger partial charge in [0, 0.05) is 11.1 Å². The summed E-state index contributed by atoms with van der Waals surface area (Å²) in [6.07, 6.45) is 7.23. The fourth-order valence-electron chi connectivity index (χ4n) is 7.86. The van der Waals surface area contributed by atoms with Gasteiger partial charge >= 0.3 is 11.9 Å². The van der Waals surface area contributed by atoms with Crippen molar-refractivity contribution in [2.24, 2.45) is 17.4 Å². The number of nitrogens with two attached hydrogens (primary N) is 2. The Morgan fingerprint density at radius 2 is 1.24 bits per heavy atom. The molecule has 0 heterocycles. The monoisotopic (exact) mass is 1060 g/mol. The van der Waals surface area contributed by atoms with Crippen LogP contribution in [0.2, 0.25) is 0 Å². The van der Waals surface area contributed by atoms with Gasteiger partial charge in [0.15, 0.2) is 6.61 Å². The molecule has 5 aromatic carbocycles. The molecule has 0 bridgehead atoms. The number of rotatable bonds is 25. The zero-order chi connectivity index (χ0) is 46.0. The van der Waals surface area contributed by atoms with E-state index in [1.807, 2.05) is 84.9 Å². The molecule has 0 spiro atoms. The summed E-state index contributed by atoms with van der Waals surface area (Å²) in [6.45, 7) is 4.94. The number of carbonyl (C=O) groups is 4. The number of esters is 1. The van der Waals surface area contributed by atoms with E-state index < -0.39 is 48.4 Å². The van der Waals surface area contributed by atoms with Crippen molar-refractivity contribution in [3.63, 3.8) is 0 Å². The molecule has 1 aliphatic rings. The second-order valence-electron chi connectivity index (χ2n) is 16.5. The van der Waals surface area contributed by atoms with Crippen LogP contribution in [-0.2, 0) is 30.5 Å². The Labute approximate surface area is 445 Å². The van der Waals surface area contributed by atoms with Gasteiger partial charge in [-0.25, -0.2) is 4.79 Å². The maximum atomic E-state index is 14.1. The molecular formula is C53H75Cl2N7O7S2. The van der Waals surface area contributed by atoms with Crippen molar-refractivity contribution >= 4 is 78.2 Å². The van der Waals surface area contributed by atoms with Gasteiger partial charge in [-0.2, -0.15) is 27.0 Å². The third-order valence-corrected chi connectivity index (χ3v) is 11.6. The maximum Gasteiger partial charge on any atom is 0.338 e. The normalized spacial score (nSPS) is 12.5. The second kappa shape index (κ2) is 33.8. The van der Waals surface area contributed by atoms with Crippen LogP contribution in [0, 0.1) is 5.92 Å². The van der Waals surface area contributed by atoms with Crippen LogP contribution in [0.3, 0.4) is 0 Å². The van der Waals surface area contributed by atoms with Crippen LogP contribution >= 0.6 is 27.0 Å². The van der Waals surface area contributed by atoms with Gasteiger partial charge in [-0.3, -0.25) is 30.8 Å². The molecule has 0 aromatic heterocycles. The summed E-state index contributed by atoms with van der Waals surface area (Å²) in [5.41, 5.74) is 17.6. The third kappa shape index (κ3) is 19.1. The molecule has 6 rings (SSSR count).